The number of carbonyl (C=O) groups is 1. The minimum Gasteiger partial charge on any atom is -0.325 e. The van der Waals surface area contributed by atoms with E-state index in [0.29, 0.717) is 16.8 Å². The van der Waals surface area contributed by atoms with Crippen molar-refractivity contribution in [2.24, 2.45) is 0 Å². The molecule has 3 rings (SSSR count). The first kappa shape index (κ1) is 19.0. The highest BCUT2D eigenvalue weighted by Gasteiger charge is 2.55. The van der Waals surface area contributed by atoms with E-state index in [0.717, 1.165) is 0 Å². The molecule has 1 heterocycles. The molecule has 138 valence electrons. The molecule has 0 saturated carbocycles. The van der Waals surface area contributed by atoms with Crippen LogP contribution in [0.4, 0.5) is 5.69 Å². The average molecular weight is 397 g/mol. The lowest BCUT2D eigenvalue weighted by atomic mass is 9.73. The Morgan fingerprint density at radius 2 is 1.42 bits per heavy atom. The molecule has 0 aliphatic carbocycles. The standard InChI is InChI=1S/C16H17NO7P2/c18-15-16(11-6-2-1-3-7-11,12-8-4-5-9-13(12)17-15)10-14(25(19,20)21)26(22,23)24/h1-9,14H,10H2,(H,17,18)(H2,19,20,21)(H2,22,23,24)/t16-/m1/s1. The summed E-state index contributed by atoms with van der Waals surface area (Å²) in [7, 11) is -10.4. The maximum absolute atomic E-state index is 12.9. The van der Waals surface area contributed by atoms with Crippen LogP contribution in [0.25, 0.3) is 0 Å². The molecule has 1 aliphatic heterocycles. The molecule has 0 unspecified atom stereocenters. The van der Waals surface area contributed by atoms with E-state index in [1.165, 1.54) is 0 Å². The van der Waals surface area contributed by atoms with Crippen LogP contribution in [0.2, 0.25) is 0 Å². The van der Waals surface area contributed by atoms with Gasteiger partial charge < -0.3 is 24.9 Å². The summed E-state index contributed by atoms with van der Waals surface area (Å²) in [6.45, 7) is 0. The molecule has 2 aromatic carbocycles. The van der Waals surface area contributed by atoms with Crippen LogP contribution in [-0.4, -0.2) is 30.9 Å². The van der Waals surface area contributed by atoms with Gasteiger partial charge >= 0.3 is 15.2 Å². The molecule has 1 atom stereocenters. The zero-order valence-corrected chi connectivity index (χ0v) is 15.2. The van der Waals surface area contributed by atoms with Crippen molar-refractivity contribution in [3.63, 3.8) is 0 Å². The molecule has 10 heteroatoms. The van der Waals surface area contributed by atoms with Crippen LogP contribution in [-0.2, 0) is 19.3 Å². The lowest BCUT2D eigenvalue weighted by Gasteiger charge is -2.32. The van der Waals surface area contributed by atoms with Crippen molar-refractivity contribution >= 4 is 26.8 Å². The number of hydrogen-bond acceptors (Lipinski definition) is 3. The number of rotatable bonds is 5. The summed E-state index contributed by atoms with van der Waals surface area (Å²) in [4.78, 5) is 51.2. The van der Waals surface area contributed by atoms with Crippen molar-refractivity contribution in [3.8, 4) is 0 Å². The van der Waals surface area contributed by atoms with E-state index in [2.05, 4.69) is 5.32 Å². The average Bonchev–Trinajstić information content (AvgIpc) is 2.84. The molecule has 0 aromatic heterocycles. The first-order valence-electron chi connectivity index (χ1n) is 7.64. The molecule has 1 aliphatic rings. The summed E-state index contributed by atoms with van der Waals surface area (Å²) in [5.41, 5.74) is -0.362. The van der Waals surface area contributed by atoms with Crippen LogP contribution < -0.4 is 5.32 Å². The Hall–Kier alpha value is -1.79. The van der Waals surface area contributed by atoms with Gasteiger partial charge in [-0.1, -0.05) is 48.5 Å². The molecule has 26 heavy (non-hydrogen) atoms. The van der Waals surface area contributed by atoms with Gasteiger partial charge in [0.05, 0.1) is 0 Å². The number of anilines is 1. The third-order valence-electron chi connectivity index (χ3n) is 4.55. The molecule has 5 N–H and O–H groups in total. The topological polar surface area (TPSA) is 144 Å². The second-order valence-electron chi connectivity index (χ2n) is 6.13. The van der Waals surface area contributed by atoms with E-state index in [4.69, 9.17) is 0 Å². The van der Waals surface area contributed by atoms with E-state index in [-0.39, 0.29) is 0 Å². The molecular weight excluding hydrogens is 380 g/mol. The van der Waals surface area contributed by atoms with Gasteiger partial charge in [-0.05, 0) is 23.6 Å². The molecule has 0 radical (unpaired) electrons. The van der Waals surface area contributed by atoms with Crippen molar-refractivity contribution in [2.45, 2.75) is 17.2 Å². The van der Waals surface area contributed by atoms with Crippen LogP contribution >= 0.6 is 15.2 Å². The monoisotopic (exact) mass is 397 g/mol. The number of amides is 1. The smallest absolute Gasteiger partial charge is 0.325 e. The molecule has 8 nitrogen and oxygen atoms in total. The van der Waals surface area contributed by atoms with Crippen molar-refractivity contribution in [1.29, 1.82) is 0 Å². The van der Waals surface area contributed by atoms with Gasteiger partial charge in [0.2, 0.25) is 5.91 Å². The second-order valence-corrected chi connectivity index (χ2v) is 10.1. The van der Waals surface area contributed by atoms with E-state index in [1.807, 2.05) is 0 Å². The Kier molecular flexibility index (Phi) is 4.69. The van der Waals surface area contributed by atoms with Gasteiger partial charge in [0, 0.05) is 5.69 Å². The highest BCUT2D eigenvalue weighted by Crippen LogP contribution is 2.64. The SMILES string of the molecule is O=C1Nc2ccccc2[C@@]1(CC(P(=O)(O)O)P(=O)(O)O)c1ccccc1. The van der Waals surface area contributed by atoms with Crippen molar-refractivity contribution in [3.05, 3.63) is 65.7 Å². The number of hydrogen-bond donors (Lipinski definition) is 5. The summed E-state index contributed by atoms with van der Waals surface area (Å²) in [6.07, 6.45) is -0.728. The Morgan fingerprint density at radius 3 is 2.00 bits per heavy atom. The molecule has 0 bridgehead atoms. The van der Waals surface area contributed by atoms with Crippen molar-refractivity contribution in [1.82, 2.24) is 0 Å². The fraction of sp³-hybridized carbons (Fsp3) is 0.188. The molecule has 0 fully saturated rings. The number of fused-ring (bicyclic) bond motifs is 1. The van der Waals surface area contributed by atoms with Crippen molar-refractivity contribution < 1.29 is 33.5 Å². The van der Waals surface area contributed by atoms with Crippen LogP contribution in [0.5, 0.6) is 0 Å². The molecular formula is C16H17NO7P2. The maximum atomic E-state index is 12.9. The zero-order valence-electron chi connectivity index (χ0n) is 13.4. The van der Waals surface area contributed by atoms with Gasteiger partial charge in [-0.2, -0.15) is 0 Å². The highest BCUT2D eigenvalue weighted by atomic mass is 31.2. The summed E-state index contributed by atoms with van der Waals surface area (Å²) < 4.78 is 23.7. The van der Waals surface area contributed by atoms with E-state index in [1.54, 1.807) is 54.6 Å². The Labute approximate surface area is 149 Å². The lowest BCUT2D eigenvalue weighted by Crippen LogP contribution is -2.39. The van der Waals surface area contributed by atoms with Gasteiger partial charge in [-0.3, -0.25) is 13.9 Å². The van der Waals surface area contributed by atoms with Crippen LogP contribution in [0.15, 0.2) is 54.6 Å². The third-order valence-corrected chi connectivity index (χ3v) is 8.28. The van der Waals surface area contributed by atoms with Gasteiger partial charge in [-0.25, -0.2) is 0 Å². The van der Waals surface area contributed by atoms with Crippen molar-refractivity contribution in [2.75, 3.05) is 5.32 Å². The largest absolute Gasteiger partial charge is 0.340 e. The molecule has 0 saturated heterocycles. The molecule has 2 aromatic rings. The van der Waals surface area contributed by atoms with E-state index >= 15 is 0 Å². The molecule has 1 amide bonds. The lowest BCUT2D eigenvalue weighted by molar-refractivity contribution is -0.119. The normalized spacial score (nSPS) is 20.1. The van der Waals surface area contributed by atoms with Gasteiger partial charge in [0.15, 0.2) is 5.40 Å². The highest BCUT2D eigenvalue weighted by molar-refractivity contribution is 7.70. The quantitative estimate of drug-likeness (QED) is 0.485. The Morgan fingerprint density at radius 1 is 0.885 bits per heavy atom. The van der Waals surface area contributed by atoms with E-state index in [9.17, 15) is 33.5 Å². The fourth-order valence-corrected chi connectivity index (χ4v) is 5.94. The van der Waals surface area contributed by atoms with Gasteiger partial charge in [0.1, 0.15) is 5.41 Å². The first-order chi connectivity index (χ1) is 12.1. The number of para-hydroxylation sites is 1. The number of benzene rings is 2. The number of nitrogens with one attached hydrogen (secondary N) is 1. The Bertz CT molecular complexity index is 915. The van der Waals surface area contributed by atoms with Gasteiger partial charge in [-0.15, -0.1) is 0 Å². The zero-order chi connectivity index (χ0) is 19.2. The summed E-state index contributed by atoms with van der Waals surface area (Å²) in [5.74, 6) is -0.586. The van der Waals surface area contributed by atoms with E-state index < -0.39 is 38.3 Å². The molecule has 0 spiro atoms. The van der Waals surface area contributed by atoms with Crippen LogP contribution in [0, 0.1) is 0 Å². The van der Waals surface area contributed by atoms with Gasteiger partial charge in [0.25, 0.3) is 0 Å². The maximum Gasteiger partial charge on any atom is 0.340 e. The predicted molar refractivity (Wildman–Crippen MR) is 94.8 cm³/mol. The fourth-order valence-electron chi connectivity index (χ4n) is 3.35. The number of carbonyl (C=O) groups excluding carboxylic acids is 1. The third kappa shape index (κ3) is 3.16. The van der Waals surface area contributed by atoms with Crippen LogP contribution in [0.1, 0.15) is 17.5 Å². The second kappa shape index (κ2) is 6.43. The first-order valence-corrected chi connectivity index (χ1v) is 11.0. The summed E-state index contributed by atoms with van der Waals surface area (Å²) in [6, 6.07) is 14.8. The van der Waals surface area contributed by atoms with Crippen LogP contribution in [0.3, 0.4) is 0 Å². The minimum absolute atomic E-state index is 0.398. The summed E-state index contributed by atoms with van der Waals surface area (Å²) in [5, 5.41) is 0.351. The minimum atomic E-state index is -5.19. The summed E-state index contributed by atoms with van der Waals surface area (Å²) >= 11 is 0. The Balaban J connectivity index is 2.26. The predicted octanol–water partition coefficient (Wildman–Crippen LogP) is 2.00.